The van der Waals surface area contributed by atoms with Crippen molar-refractivity contribution in [2.75, 3.05) is 26.2 Å². The third kappa shape index (κ3) is 5.61. The molecule has 0 saturated carbocycles. The van der Waals surface area contributed by atoms with E-state index in [0.29, 0.717) is 6.61 Å². The van der Waals surface area contributed by atoms with E-state index in [1.54, 1.807) is 24.3 Å². The van der Waals surface area contributed by atoms with E-state index < -0.39 is 0 Å². The van der Waals surface area contributed by atoms with Gasteiger partial charge in [0.15, 0.2) is 0 Å². The fraction of sp³-hybridized carbons (Fsp3) is 0.455. The maximum absolute atomic E-state index is 13.2. The van der Waals surface area contributed by atoms with Crippen LogP contribution < -0.4 is 0 Å². The van der Waals surface area contributed by atoms with Crippen LogP contribution in [0.25, 0.3) is 0 Å². The molecule has 0 aliphatic carbocycles. The van der Waals surface area contributed by atoms with Crippen LogP contribution in [0.2, 0.25) is 0 Å². The lowest BCUT2D eigenvalue weighted by molar-refractivity contribution is 0.0747. The second-order valence-corrected chi connectivity index (χ2v) is 6.96. The molecule has 2 aromatic carbocycles. The Hall–Kier alpha value is -1.78. The van der Waals surface area contributed by atoms with Gasteiger partial charge in [-0.3, -0.25) is 0 Å². The molecule has 0 atom stereocenters. The van der Waals surface area contributed by atoms with E-state index in [1.165, 1.54) is 56.6 Å². The van der Waals surface area contributed by atoms with E-state index in [2.05, 4.69) is 4.90 Å². The summed E-state index contributed by atoms with van der Waals surface area (Å²) < 4.78 is 32.6. The summed E-state index contributed by atoms with van der Waals surface area (Å²) in [7, 11) is 0. The molecule has 2 aromatic rings. The molecule has 0 amide bonds. The van der Waals surface area contributed by atoms with Crippen LogP contribution in [0.1, 0.15) is 49.3 Å². The van der Waals surface area contributed by atoms with Crippen molar-refractivity contribution < 1.29 is 13.5 Å². The van der Waals surface area contributed by atoms with E-state index in [-0.39, 0.29) is 17.7 Å². The Labute approximate surface area is 154 Å². The van der Waals surface area contributed by atoms with Crippen LogP contribution in [-0.4, -0.2) is 31.1 Å². The SMILES string of the molecule is Fc1ccc(C(OCCCCN2CCCCC2)c2ccc(F)cc2)cc1. The van der Waals surface area contributed by atoms with Crippen LogP contribution in [0.4, 0.5) is 8.78 Å². The number of rotatable bonds is 8. The second kappa shape index (κ2) is 9.79. The third-order valence-electron chi connectivity index (χ3n) is 4.95. The van der Waals surface area contributed by atoms with Gasteiger partial charge in [0.2, 0.25) is 0 Å². The van der Waals surface area contributed by atoms with E-state index in [0.717, 1.165) is 30.5 Å². The Balaban J connectivity index is 1.55. The van der Waals surface area contributed by atoms with Crippen molar-refractivity contribution in [1.29, 1.82) is 0 Å². The maximum atomic E-state index is 13.2. The van der Waals surface area contributed by atoms with Crippen molar-refractivity contribution in [2.45, 2.75) is 38.2 Å². The number of halogens is 2. The number of hydrogen-bond donors (Lipinski definition) is 0. The van der Waals surface area contributed by atoms with Gasteiger partial charge in [-0.25, -0.2) is 8.78 Å². The van der Waals surface area contributed by atoms with Gasteiger partial charge >= 0.3 is 0 Å². The van der Waals surface area contributed by atoms with E-state index in [4.69, 9.17) is 4.74 Å². The molecule has 1 heterocycles. The molecule has 26 heavy (non-hydrogen) atoms. The summed E-state index contributed by atoms with van der Waals surface area (Å²) in [5, 5.41) is 0. The van der Waals surface area contributed by atoms with E-state index in [1.807, 2.05) is 0 Å². The predicted molar refractivity (Wildman–Crippen MR) is 100 cm³/mol. The van der Waals surface area contributed by atoms with Crippen LogP contribution in [0, 0.1) is 11.6 Å². The first-order chi connectivity index (χ1) is 12.7. The lowest BCUT2D eigenvalue weighted by atomic mass is 10.0. The smallest absolute Gasteiger partial charge is 0.123 e. The fourth-order valence-corrected chi connectivity index (χ4v) is 3.48. The number of ether oxygens (including phenoxy) is 1. The van der Waals surface area contributed by atoms with E-state index in [9.17, 15) is 8.78 Å². The van der Waals surface area contributed by atoms with Crippen LogP contribution in [0.5, 0.6) is 0 Å². The predicted octanol–water partition coefficient (Wildman–Crippen LogP) is 5.34. The normalized spacial score (nSPS) is 15.5. The lowest BCUT2D eigenvalue weighted by Gasteiger charge is -2.26. The van der Waals surface area contributed by atoms with Gasteiger partial charge in [0, 0.05) is 6.61 Å². The van der Waals surface area contributed by atoms with Gasteiger partial charge < -0.3 is 9.64 Å². The monoisotopic (exact) mass is 359 g/mol. The Morgan fingerprint density at radius 3 is 1.85 bits per heavy atom. The summed E-state index contributed by atoms with van der Waals surface area (Å²) >= 11 is 0. The summed E-state index contributed by atoms with van der Waals surface area (Å²) in [4.78, 5) is 2.53. The number of piperidine rings is 1. The first kappa shape index (κ1) is 19.0. The molecule has 0 N–H and O–H groups in total. The van der Waals surface area contributed by atoms with Crippen LogP contribution in [-0.2, 0) is 4.74 Å². The number of likely N-dealkylation sites (tertiary alicyclic amines) is 1. The summed E-state index contributed by atoms with van der Waals surface area (Å²) in [6.07, 6.45) is 5.78. The summed E-state index contributed by atoms with van der Waals surface area (Å²) in [5.74, 6) is -0.540. The Bertz CT molecular complexity index is 605. The maximum Gasteiger partial charge on any atom is 0.123 e. The van der Waals surface area contributed by atoms with Crippen molar-refractivity contribution in [1.82, 2.24) is 4.90 Å². The highest BCUT2D eigenvalue weighted by atomic mass is 19.1. The van der Waals surface area contributed by atoms with Crippen LogP contribution in [0.3, 0.4) is 0 Å². The fourth-order valence-electron chi connectivity index (χ4n) is 3.48. The summed E-state index contributed by atoms with van der Waals surface area (Å²) in [6.45, 7) is 4.19. The van der Waals surface area contributed by atoms with Gasteiger partial charge in [0.25, 0.3) is 0 Å². The highest BCUT2D eigenvalue weighted by Gasteiger charge is 2.15. The molecule has 0 radical (unpaired) electrons. The molecular formula is C22H27F2NO. The molecule has 0 aromatic heterocycles. The van der Waals surface area contributed by atoms with E-state index >= 15 is 0 Å². The van der Waals surface area contributed by atoms with Crippen molar-refractivity contribution >= 4 is 0 Å². The minimum atomic E-state index is -0.300. The van der Waals surface area contributed by atoms with Crippen molar-refractivity contribution in [3.8, 4) is 0 Å². The van der Waals surface area contributed by atoms with Crippen molar-refractivity contribution in [3.05, 3.63) is 71.3 Å². The quantitative estimate of drug-likeness (QED) is 0.590. The zero-order chi connectivity index (χ0) is 18.2. The minimum Gasteiger partial charge on any atom is -0.369 e. The number of nitrogens with zero attached hydrogens (tertiary/aromatic N) is 1. The van der Waals surface area contributed by atoms with Gasteiger partial charge in [-0.1, -0.05) is 30.7 Å². The first-order valence-corrected chi connectivity index (χ1v) is 9.57. The highest BCUT2D eigenvalue weighted by molar-refractivity contribution is 5.30. The standard InChI is InChI=1S/C22H27F2NO/c23-20-10-6-18(7-11-20)22(19-8-12-21(24)13-9-19)26-17-5-4-16-25-14-2-1-3-15-25/h6-13,22H,1-5,14-17H2. The lowest BCUT2D eigenvalue weighted by Crippen LogP contribution is -2.30. The van der Waals surface area contributed by atoms with Crippen LogP contribution >= 0.6 is 0 Å². The molecular weight excluding hydrogens is 332 g/mol. The topological polar surface area (TPSA) is 12.5 Å². The summed E-state index contributed by atoms with van der Waals surface area (Å²) in [6, 6.07) is 12.7. The van der Waals surface area contributed by atoms with Crippen molar-refractivity contribution in [3.63, 3.8) is 0 Å². The van der Waals surface area contributed by atoms with Gasteiger partial charge in [-0.05, 0) is 80.7 Å². The molecule has 0 unspecified atom stereocenters. The number of unbranched alkanes of at least 4 members (excludes halogenated alkanes) is 1. The van der Waals surface area contributed by atoms with Gasteiger partial charge in [-0.2, -0.15) is 0 Å². The third-order valence-corrected chi connectivity index (χ3v) is 4.95. The van der Waals surface area contributed by atoms with Gasteiger partial charge in [0.1, 0.15) is 17.7 Å². The average Bonchev–Trinajstić information content (AvgIpc) is 2.67. The highest BCUT2D eigenvalue weighted by Crippen LogP contribution is 2.27. The molecule has 1 saturated heterocycles. The summed E-state index contributed by atoms with van der Waals surface area (Å²) in [5.41, 5.74) is 1.77. The largest absolute Gasteiger partial charge is 0.369 e. The van der Waals surface area contributed by atoms with Gasteiger partial charge in [-0.15, -0.1) is 0 Å². The molecule has 1 fully saturated rings. The zero-order valence-corrected chi connectivity index (χ0v) is 15.2. The zero-order valence-electron chi connectivity index (χ0n) is 15.2. The second-order valence-electron chi connectivity index (χ2n) is 6.96. The van der Waals surface area contributed by atoms with Crippen LogP contribution in [0.15, 0.2) is 48.5 Å². The molecule has 3 rings (SSSR count). The molecule has 0 spiro atoms. The Morgan fingerprint density at radius 2 is 1.31 bits per heavy atom. The molecule has 140 valence electrons. The molecule has 0 bridgehead atoms. The molecule has 1 aliphatic heterocycles. The van der Waals surface area contributed by atoms with Gasteiger partial charge in [0.05, 0.1) is 0 Å². The Morgan fingerprint density at radius 1 is 0.769 bits per heavy atom. The number of hydrogen-bond acceptors (Lipinski definition) is 2. The molecule has 4 heteroatoms. The Kier molecular flexibility index (Phi) is 7.15. The van der Waals surface area contributed by atoms with Crippen molar-refractivity contribution in [2.24, 2.45) is 0 Å². The number of benzene rings is 2. The minimum absolute atomic E-state index is 0.270. The average molecular weight is 359 g/mol. The molecule has 1 aliphatic rings. The molecule has 2 nitrogen and oxygen atoms in total. The first-order valence-electron chi connectivity index (χ1n) is 9.57.